The van der Waals surface area contributed by atoms with Gasteiger partial charge < -0.3 is 9.84 Å². The Morgan fingerprint density at radius 3 is 2.68 bits per heavy atom. The van der Waals surface area contributed by atoms with E-state index in [1.54, 1.807) is 13.8 Å². The standard InChI is InChI=1S/C13H20N2O4/c1-7(2)10-11(16)14-13(18)15(12(10)17)6-9-4-5-19-8(9)3/h7-9,17H,4-6H2,1-3H3,(H,14,16,18). The van der Waals surface area contributed by atoms with Gasteiger partial charge in [0.2, 0.25) is 5.88 Å². The fraction of sp³-hybridized carbons (Fsp3) is 0.692. The fourth-order valence-electron chi connectivity index (χ4n) is 2.52. The van der Waals surface area contributed by atoms with Gasteiger partial charge in [-0.2, -0.15) is 0 Å². The van der Waals surface area contributed by atoms with Gasteiger partial charge in [0, 0.05) is 19.1 Å². The summed E-state index contributed by atoms with van der Waals surface area (Å²) in [7, 11) is 0. The van der Waals surface area contributed by atoms with Crippen molar-refractivity contribution in [2.75, 3.05) is 6.61 Å². The van der Waals surface area contributed by atoms with E-state index in [0.29, 0.717) is 13.2 Å². The van der Waals surface area contributed by atoms with Gasteiger partial charge in [-0.15, -0.1) is 0 Å². The van der Waals surface area contributed by atoms with E-state index in [9.17, 15) is 14.7 Å². The molecule has 1 aliphatic rings. The number of aromatic nitrogens is 2. The molecule has 0 aliphatic carbocycles. The third kappa shape index (κ3) is 2.58. The van der Waals surface area contributed by atoms with E-state index >= 15 is 0 Å². The number of nitrogens with zero attached hydrogens (tertiary/aromatic N) is 1. The third-order valence-corrected chi connectivity index (χ3v) is 3.73. The molecule has 19 heavy (non-hydrogen) atoms. The van der Waals surface area contributed by atoms with Crippen LogP contribution in [0.25, 0.3) is 0 Å². The second kappa shape index (κ2) is 5.21. The highest BCUT2D eigenvalue weighted by Crippen LogP contribution is 2.25. The molecule has 2 atom stereocenters. The molecule has 0 radical (unpaired) electrons. The molecular formula is C13H20N2O4. The Labute approximate surface area is 111 Å². The van der Waals surface area contributed by atoms with Crippen LogP contribution in [0, 0.1) is 5.92 Å². The molecule has 1 fully saturated rings. The second-order valence-corrected chi connectivity index (χ2v) is 5.39. The molecule has 0 aromatic carbocycles. The van der Waals surface area contributed by atoms with Crippen LogP contribution in [0.4, 0.5) is 0 Å². The molecule has 1 aromatic rings. The summed E-state index contributed by atoms with van der Waals surface area (Å²) >= 11 is 0. The first-order valence-electron chi connectivity index (χ1n) is 6.59. The maximum atomic E-state index is 11.8. The molecule has 1 saturated heterocycles. The zero-order valence-corrected chi connectivity index (χ0v) is 11.5. The van der Waals surface area contributed by atoms with Crippen molar-refractivity contribution in [2.45, 2.75) is 45.8 Å². The maximum absolute atomic E-state index is 11.8. The predicted octanol–water partition coefficient (Wildman–Crippen LogP) is 0.791. The lowest BCUT2D eigenvalue weighted by Crippen LogP contribution is -2.35. The van der Waals surface area contributed by atoms with Gasteiger partial charge in [0.1, 0.15) is 0 Å². The maximum Gasteiger partial charge on any atom is 0.331 e. The minimum Gasteiger partial charge on any atom is -0.494 e. The fourth-order valence-corrected chi connectivity index (χ4v) is 2.52. The van der Waals surface area contributed by atoms with Gasteiger partial charge in [0.15, 0.2) is 0 Å². The number of hydrogen-bond acceptors (Lipinski definition) is 4. The number of rotatable bonds is 3. The SMILES string of the molecule is CC(C)c1c(O)n(CC2CCOC2C)c(=O)[nH]c1=O. The Morgan fingerprint density at radius 2 is 2.16 bits per heavy atom. The lowest BCUT2D eigenvalue weighted by atomic mass is 10.0. The highest BCUT2D eigenvalue weighted by molar-refractivity contribution is 5.25. The second-order valence-electron chi connectivity index (χ2n) is 5.39. The molecule has 0 bridgehead atoms. The van der Waals surface area contributed by atoms with Crippen molar-refractivity contribution in [3.05, 3.63) is 26.4 Å². The van der Waals surface area contributed by atoms with Gasteiger partial charge in [-0.25, -0.2) is 4.79 Å². The highest BCUT2D eigenvalue weighted by atomic mass is 16.5. The molecule has 6 nitrogen and oxygen atoms in total. The minimum atomic E-state index is -0.564. The summed E-state index contributed by atoms with van der Waals surface area (Å²) in [5.41, 5.74) is -0.818. The van der Waals surface area contributed by atoms with Crippen LogP contribution < -0.4 is 11.2 Å². The van der Waals surface area contributed by atoms with Crippen LogP contribution in [0.5, 0.6) is 5.88 Å². The van der Waals surface area contributed by atoms with Crippen LogP contribution in [0.2, 0.25) is 0 Å². The first-order valence-corrected chi connectivity index (χ1v) is 6.59. The smallest absolute Gasteiger partial charge is 0.331 e. The van der Waals surface area contributed by atoms with Crippen molar-refractivity contribution in [1.29, 1.82) is 0 Å². The van der Waals surface area contributed by atoms with E-state index in [-0.39, 0.29) is 29.4 Å². The molecule has 2 unspecified atom stereocenters. The summed E-state index contributed by atoms with van der Waals surface area (Å²) in [6, 6.07) is 0. The first-order chi connectivity index (χ1) is 8.91. The molecule has 1 aliphatic heterocycles. The van der Waals surface area contributed by atoms with Crippen LogP contribution >= 0.6 is 0 Å². The van der Waals surface area contributed by atoms with Gasteiger partial charge in [0.05, 0.1) is 11.7 Å². The predicted molar refractivity (Wildman–Crippen MR) is 70.6 cm³/mol. The summed E-state index contributed by atoms with van der Waals surface area (Å²) in [5, 5.41) is 10.2. The van der Waals surface area contributed by atoms with Crippen LogP contribution in [0.1, 0.15) is 38.7 Å². The van der Waals surface area contributed by atoms with Crippen molar-refractivity contribution < 1.29 is 9.84 Å². The molecule has 2 rings (SSSR count). The van der Waals surface area contributed by atoms with E-state index in [0.717, 1.165) is 6.42 Å². The van der Waals surface area contributed by atoms with Crippen molar-refractivity contribution in [3.63, 3.8) is 0 Å². The molecule has 0 saturated carbocycles. The Bertz CT molecular complexity index is 573. The zero-order chi connectivity index (χ0) is 14.2. The molecular weight excluding hydrogens is 248 g/mol. The largest absolute Gasteiger partial charge is 0.494 e. The van der Waals surface area contributed by atoms with E-state index < -0.39 is 11.2 Å². The molecule has 0 amide bonds. The quantitative estimate of drug-likeness (QED) is 0.849. The summed E-state index contributed by atoms with van der Waals surface area (Å²) in [6.45, 7) is 6.60. The van der Waals surface area contributed by atoms with Gasteiger partial charge in [-0.3, -0.25) is 14.3 Å². The number of aromatic hydroxyl groups is 1. The van der Waals surface area contributed by atoms with Crippen LogP contribution in [0.15, 0.2) is 9.59 Å². The molecule has 6 heteroatoms. The minimum absolute atomic E-state index is 0.0562. The average molecular weight is 268 g/mol. The molecule has 106 valence electrons. The summed E-state index contributed by atoms with van der Waals surface area (Å²) in [5.74, 6) is -0.190. The Kier molecular flexibility index (Phi) is 3.80. The van der Waals surface area contributed by atoms with Crippen molar-refractivity contribution >= 4 is 0 Å². The van der Waals surface area contributed by atoms with Gasteiger partial charge in [-0.1, -0.05) is 13.8 Å². The number of nitrogens with one attached hydrogen (secondary N) is 1. The Balaban J connectivity index is 2.43. The number of aromatic amines is 1. The number of H-pyrrole nitrogens is 1. The molecule has 1 aromatic heterocycles. The van der Waals surface area contributed by atoms with Gasteiger partial charge in [-0.05, 0) is 19.3 Å². The summed E-state index contributed by atoms with van der Waals surface area (Å²) < 4.78 is 6.69. The molecule has 2 heterocycles. The van der Waals surface area contributed by atoms with Crippen LogP contribution in [0.3, 0.4) is 0 Å². The number of ether oxygens (including phenoxy) is 1. The van der Waals surface area contributed by atoms with Crippen LogP contribution in [-0.2, 0) is 11.3 Å². The zero-order valence-electron chi connectivity index (χ0n) is 11.5. The summed E-state index contributed by atoms with van der Waals surface area (Å²) in [6.07, 6.45) is 0.907. The summed E-state index contributed by atoms with van der Waals surface area (Å²) in [4.78, 5) is 25.8. The van der Waals surface area contributed by atoms with Gasteiger partial charge >= 0.3 is 5.69 Å². The van der Waals surface area contributed by atoms with E-state index in [4.69, 9.17) is 4.74 Å². The average Bonchev–Trinajstić information content (AvgIpc) is 2.69. The monoisotopic (exact) mass is 268 g/mol. The molecule has 0 spiro atoms. The normalized spacial score (nSPS) is 23.2. The topological polar surface area (TPSA) is 84.3 Å². The van der Waals surface area contributed by atoms with Crippen molar-refractivity contribution in [3.8, 4) is 5.88 Å². The Morgan fingerprint density at radius 1 is 1.47 bits per heavy atom. The van der Waals surface area contributed by atoms with Crippen molar-refractivity contribution in [2.24, 2.45) is 5.92 Å². The lowest BCUT2D eigenvalue weighted by Gasteiger charge is -2.18. The number of hydrogen-bond donors (Lipinski definition) is 2. The first kappa shape index (κ1) is 13.9. The highest BCUT2D eigenvalue weighted by Gasteiger charge is 2.27. The Hall–Kier alpha value is -1.56. The lowest BCUT2D eigenvalue weighted by molar-refractivity contribution is 0.100. The van der Waals surface area contributed by atoms with Crippen LogP contribution in [-0.4, -0.2) is 27.4 Å². The van der Waals surface area contributed by atoms with Crippen molar-refractivity contribution in [1.82, 2.24) is 9.55 Å². The van der Waals surface area contributed by atoms with E-state index in [2.05, 4.69) is 4.98 Å². The van der Waals surface area contributed by atoms with E-state index in [1.165, 1.54) is 4.57 Å². The molecule has 2 N–H and O–H groups in total. The third-order valence-electron chi connectivity index (χ3n) is 3.73. The van der Waals surface area contributed by atoms with Gasteiger partial charge in [0.25, 0.3) is 5.56 Å². The van der Waals surface area contributed by atoms with E-state index in [1.807, 2.05) is 6.92 Å².